The zero-order chi connectivity index (χ0) is 13.1. The summed E-state index contributed by atoms with van der Waals surface area (Å²) < 4.78 is 13.9. The minimum Gasteiger partial charge on any atom is -0.337 e. The predicted molar refractivity (Wildman–Crippen MR) is 71.6 cm³/mol. The molecule has 1 aromatic carbocycles. The van der Waals surface area contributed by atoms with Gasteiger partial charge in [0.2, 0.25) is 5.91 Å². The van der Waals surface area contributed by atoms with Crippen LogP contribution in [-0.2, 0) is 11.3 Å². The number of halogens is 2. The van der Waals surface area contributed by atoms with Crippen molar-refractivity contribution in [1.29, 1.82) is 0 Å². The maximum absolute atomic E-state index is 13.4. The Morgan fingerprint density at radius 2 is 2.33 bits per heavy atom. The molecular weight excluding hydrogens is 299 g/mol. The third-order valence-electron chi connectivity index (χ3n) is 3.13. The monoisotopic (exact) mass is 314 g/mol. The molecule has 3 nitrogen and oxygen atoms in total. The normalized spacial score (nSPS) is 20.9. The molecule has 5 heteroatoms. The second-order valence-corrected chi connectivity index (χ2v) is 5.30. The van der Waals surface area contributed by atoms with E-state index in [2.05, 4.69) is 21.2 Å². The Morgan fingerprint density at radius 1 is 1.56 bits per heavy atom. The van der Waals surface area contributed by atoms with Crippen molar-refractivity contribution >= 4 is 21.8 Å². The number of amides is 1. The summed E-state index contributed by atoms with van der Waals surface area (Å²) in [4.78, 5) is 13.9. The Bertz CT molecular complexity index is 453. The van der Waals surface area contributed by atoms with Gasteiger partial charge in [-0.3, -0.25) is 4.79 Å². The van der Waals surface area contributed by atoms with Gasteiger partial charge in [0, 0.05) is 13.1 Å². The Morgan fingerprint density at radius 3 is 3.11 bits per heavy atom. The largest absolute Gasteiger partial charge is 0.337 e. The van der Waals surface area contributed by atoms with E-state index in [4.69, 9.17) is 0 Å². The van der Waals surface area contributed by atoms with Gasteiger partial charge in [0.25, 0.3) is 0 Å². The lowest BCUT2D eigenvalue weighted by Gasteiger charge is -2.23. The number of carbonyl (C=O) groups excluding carboxylic acids is 1. The zero-order valence-corrected chi connectivity index (χ0v) is 11.8. The lowest BCUT2D eigenvalue weighted by Crippen LogP contribution is -2.41. The fraction of sp³-hybridized carbons (Fsp3) is 0.462. The van der Waals surface area contributed by atoms with Crippen molar-refractivity contribution in [2.45, 2.75) is 25.9 Å². The zero-order valence-electron chi connectivity index (χ0n) is 10.2. The third-order valence-corrected chi connectivity index (χ3v) is 4.02. The van der Waals surface area contributed by atoms with E-state index in [1.807, 2.05) is 13.0 Å². The predicted octanol–water partition coefficient (Wildman–Crippen LogP) is 2.30. The molecule has 1 atom stereocenters. The van der Waals surface area contributed by atoms with Crippen LogP contribution in [0, 0.1) is 5.82 Å². The van der Waals surface area contributed by atoms with Crippen LogP contribution in [0.1, 0.15) is 18.9 Å². The Labute approximate surface area is 114 Å². The van der Waals surface area contributed by atoms with Crippen LogP contribution in [0.15, 0.2) is 22.7 Å². The van der Waals surface area contributed by atoms with Crippen LogP contribution in [0.2, 0.25) is 0 Å². The number of benzene rings is 1. The summed E-state index contributed by atoms with van der Waals surface area (Å²) in [6.07, 6.45) is 0.920. The molecule has 1 unspecified atom stereocenters. The van der Waals surface area contributed by atoms with Crippen LogP contribution in [0.4, 0.5) is 4.39 Å². The quantitative estimate of drug-likeness (QED) is 0.908. The molecule has 1 aliphatic heterocycles. The summed E-state index contributed by atoms with van der Waals surface area (Å²) in [6, 6.07) is 4.74. The Hall–Kier alpha value is -0.940. The molecule has 1 amide bonds. The van der Waals surface area contributed by atoms with Crippen LogP contribution in [0.25, 0.3) is 0 Å². The molecule has 0 spiro atoms. The highest BCUT2D eigenvalue weighted by molar-refractivity contribution is 9.10. The van der Waals surface area contributed by atoms with Crippen LogP contribution in [-0.4, -0.2) is 29.9 Å². The van der Waals surface area contributed by atoms with Crippen molar-refractivity contribution in [3.63, 3.8) is 0 Å². The highest BCUT2D eigenvalue weighted by Crippen LogP contribution is 2.22. The van der Waals surface area contributed by atoms with Crippen molar-refractivity contribution in [3.8, 4) is 0 Å². The summed E-state index contributed by atoms with van der Waals surface area (Å²) >= 11 is 3.23. The highest BCUT2D eigenvalue weighted by atomic mass is 79.9. The van der Waals surface area contributed by atoms with E-state index in [1.54, 1.807) is 11.0 Å². The fourth-order valence-electron chi connectivity index (χ4n) is 2.09. The minimum absolute atomic E-state index is 0.0728. The maximum Gasteiger partial charge on any atom is 0.239 e. The topological polar surface area (TPSA) is 32.3 Å². The average molecular weight is 315 g/mol. The lowest BCUT2D eigenvalue weighted by molar-refractivity contribution is -0.132. The van der Waals surface area contributed by atoms with Crippen molar-refractivity contribution in [1.82, 2.24) is 10.2 Å². The molecule has 0 saturated carbocycles. The van der Waals surface area contributed by atoms with Crippen molar-refractivity contribution in [2.24, 2.45) is 0 Å². The van der Waals surface area contributed by atoms with E-state index in [0.29, 0.717) is 17.6 Å². The van der Waals surface area contributed by atoms with E-state index >= 15 is 0 Å². The molecule has 1 aliphatic rings. The van der Waals surface area contributed by atoms with Gasteiger partial charge in [-0.15, -0.1) is 0 Å². The molecular formula is C13H16BrFN2O. The first-order chi connectivity index (χ1) is 8.59. The molecule has 0 radical (unpaired) electrons. The molecule has 98 valence electrons. The number of hydrogen-bond donors (Lipinski definition) is 1. The highest BCUT2D eigenvalue weighted by Gasteiger charge is 2.23. The molecule has 2 rings (SSSR count). The first-order valence-corrected chi connectivity index (χ1v) is 6.84. The van der Waals surface area contributed by atoms with Gasteiger partial charge < -0.3 is 10.2 Å². The first-order valence-electron chi connectivity index (χ1n) is 6.04. The fourth-order valence-corrected chi connectivity index (χ4v) is 2.48. The van der Waals surface area contributed by atoms with Gasteiger partial charge in [0.05, 0.1) is 10.5 Å². The van der Waals surface area contributed by atoms with E-state index in [1.165, 1.54) is 6.07 Å². The summed E-state index contributed by atoms with van der Waals surface area (Å²) in [7, 11) is 0. The SMILES string of the molecule is CC1NCCCN(Cc2cccc(F)c2Br)C1=O. The molecule has 0 bridgehead atoms. The van der Waals surface area contributed by atoms with Crippen molar-refractivity contribution < 1.29 is 9.18 Å². The average Bonchev–Trinajstić information content (AvgIpc) is 2.50. The Balaban J connectivity index is 2.16. The first kappa shape index (κ1) is 13.5. The van der Waals surface area contributed by atoms with E-state index in [9.17, 15) is 9.18 Å². The third kappa shape index (κ3) is 2.90. The van der Waals surface area contributed by atoms with Crippen LogP contribution >= 0.6 is 15.9 Å². The van der Waals surface area contributed by atoms with Gasteiger partial charge in [-0.1, -0.05) is 12.1 Å². The maximum atomic E-state index is 13.4. The van der Waals surface area contributed by atoms with Gasteiger partial charge in [-0.25, -0.2) is 4.39 Å². The number of nitrogens with one attached hydrogen (secondary N) is 1. The smallest absolute Gasteiger partial charge is 0.239 e. The number of hydrogen-bond acceptors (Lipinski definition) is 2. The molecule has 0 aliphatic carbocycles. The van der Waals surface area contributed by atoms with E-state index in [0.717, 1.165) is 18.5 Å². The minimum atomic E-state index is -0.291. The molecule has 1 fully saturated rings. The van der Waals surface area contributed by atoms with Crippen molar-refractivity contribution in [2.75, 3.05) is 13.1 Å². The second kappa shape index (κ2) is 5.80. The molecule has 1 N–H and O–H groups in total. The van der Waals surface area contributed by atoms with Gasteiger partial charge >= 0.3 is 0 Å². The molecule has 18 heavy (non-hydrogen) atoms. The van der Waals surface area contributed by atoms with Crippen LogP contribution in [0.5, 0.6) is 0 Å². The standard InChI is InChI=1S/C13H16BrFN2O/c1-9-13(18)17(7-3-6-16-9)8-10-4-2-5-11(15)12(10)14/h2,4-5,9,16H,3,6-8H2,1H3. The summed E-state index contributed by atoms with van der Waals surface area (Å²) in [5.41, 5.74) is 0.803. The summed E-state index contributed by atoms with van der Waals surface area (Å²) in [5.74, 6) is -0.218. The molecule has 0 aromatic heterocycles. The summed E-state index contributed by atoms with van der Waals surface area (Å²) in [5, 5.41) is 3.16. The van der Waals surface area contributed by atoms with Gasteiger partial charge in [0.15, 0.2) is 0 Å². The van der Waals surface area contributed by atoms with Crippen LogP contribution in [0.3, 0.4) is 0 Å². The number of carbonyl (C=O) groups is 1. The Kier molecular flexibility index (Phi) is 4.35. The summed E-state index contributed by atoms with van der Waals surface area (Å²) in [6.45, 7) is 3.86. The number of rotatable bonds is 2. The van der Waals surface area contributed by atoms with Crippen LogP contribution < -0.4 is 5.32 Å². The number of nitrogens with zero attached hydrogens (tertiary/aromatic N) is 1. The molecule has 1 heterocycles. The van der Waals surface area contributed by atoms with Gasteiger partial charge in [-0.05, 0) is 47.4 Å². The molecule has 1 saturated heterocycles. The van der Waals surface area contributed by atoms with E-state index in [-0.39, 0.29) is 17.8 Å². The second-order valence-electron chi connectivity index (χ2n) is 4.50. The van der Waals surface area contributed by atoms with Gasteiger partial charge in [-0.2, -0.15) is 0 Å². The van der Waals surface area contributed by atoms with E-state index < -0.39 is 0 Å². The van der Waals surface area contributed by atoms with Crippen molar-refractivity contribution in [3.05, 3.63) is 34.1 Å². The lowest BCUT2D eigenvalue weighted by atomic mass is 10.2. The molecule has 1 aromatic rings. The van der Waals surface area contributed by atoms with Gasteiger partial charge in [0.1, 0.15) is 5.82 Å².